The zero-order chi connectivity index (χ0) is 19.1. The summed E-state index contributed by atoms with van der Waals surface area (Å²) in [5, 5.41) is 2.94. The van der Waals surface area contributed by atoms with Crippen LogP contribution >= 0.6 is 0 Å². The Morgan fingerprint density at radius 1 is 1.30 bits per heavy atom. The van der Waals surface area contributed by atoms with E-state index in [4.69, 9.17) is 9.15 Å². The molecule has 1 atom stereocenters. The predicted molar refractivity (Wildman–Crippen MR) is 101 cm³/mol. The summed E-state index contributed by atoms with van der Waals surface area (Å²) < 4.78 is 11.1. The summed E-state index contributed by atoms with van der Waals surface area (Å²) in [5.41, 5.74) is 0. The maximum Gasteiger partial charge on any atom is 0.318 e. The van der Waals surface area contributed by atoms with Gasteiger partial charge in [-0.25, -0.2) is 4.79 Å². The molecule has 150 valence electrons. The summed E-state index contributed by atoms with van der Waals surface area (Å²) in [5.74, 6) is 0.686. The number of rotatable bonds is 10. The number of hydrogen-bond donors (Lipinski definition) is 1. The third-order valence-electron chi connectivity index (χ3n) is 5.09. The quantitative estimate of drug-likeness (QED) is 0.636. The van der Waals surface area contributed by atoms with Crippen LogP contribution in [0.25, 0.3) is 0 Å². The van der Waals surface area contributed by atoms with Crippen molar-refractivity contribution in [1.29, 1.82) is 0 Å². The number of carbonyl (C=O) groups is 2. The minimum Gasteiger partial charge on any atom is -0.467 e. The van der Waals surface area contributed by atoms with E-state index >= 15 is 0 Å². The third-order valence-corrected chi connectivity index (χ3v) is 5.09. The van der Waals surface area contributed by atoms with Gasteiger partial charge in [-0.3, -0.25) is 4.79 Å². The van der Waals surface area contributed by atoms with Crippen LogP contribution in [0.2, 0.25) is 0 Å². The van der Waals surface area contributed by atoms with Gasteiger partial charge < -0.3 is 24.3 Å². The van der Waals surface area contributed by atoms with E-state index in [1.165, 1.54) is 0 Å². The number of unbranched alkanes of at least 4 members (excludes halogenated alkanes) is 1. The fourth-order valence-electron chi connectivity index (χ4n) is 3.35. The van der Waals surface area contributed by atoms with Gasteiger partial charge >= 0.3 is 6.03 Å². The molecule has 27 heavy (non-hydrogen) atoms. The molecular formula is C20H31N3O4. The molecule has 3 rings (SSSR count). The molecule has 0 unspecified atom stereocenters. The standard InChI is InChI=1S/C20H31N3O4/c1-2-3-10-21-20(25)23(16-8-9-16)15-19(24)22(13-17-6-4-11-26-17)14-18-7-5-12-27-18/h4,6,11,16,18H,2-3,5,7-10,12-15H2,1H3,(H,21,25)/t18-/m0/s1. The first kappa shape index (κ1) is 19.7. The smallest absolute Gasteiger partial charge is 0.318 e. The van der Waals surface area contributed by atoms with E-state index in [0.29, 0.717) is 19.6 Å². The Labute approximate surface area is 161 Å². The van der Waals surface area contributed by atoms with Crippen LogP contribution in [0.1, 0.15) is 51.2 Å². The first-order valence-corrected chi connectivity index (χ1v) is 10.1. The molecule has 1 aromatic heterocycles. The van der Waals surface area contributed by atoms with Crippen molar-refractivity contribution in [3.05, 3.63) is 24.2 Å². The van der Waals surface area contributed by atoms with Gasteiger partial charge in [0.1, 0.15) is 12.3 Å². The highest BCUT2D eigenvalue weighted by atomic mass is 16.5. The van der Waals surface area contributed by atoms with E-state index in [-0.39, 0.29) is 30.6 Å². The number of nitrogens with zero attached hydrogens (tertiary/aromatic N) is 2. The van der Waals surface area contributed by atoms with E-state index < -0.39 is 0 Å². The molecule has 3 amide bonds. The molecular weight excluding hydrogens is 346 g/mol. The van der Waals surface area contributed by atoms with Crippen LogP contribution in [-0.4, -0.2) is 60.1 Å². The lowest BCUT2D eigenvalue weighted by Crippen LogP contribution is -2.49. The second-order valence-corrected chi connectivity index (χ2v) is 7.43. The third kappa shape index (κ3) is 5.99. The van der Waals surface area contributed by atoms with Crippen molar-refractivity contribution in [2.24, 2.45) is 0 Å². The Morgan fingerprint density at radius 3 is 2.78 bits per heavy atom. The Balaban J connectivity index is 1.61. The summed E-state index contributed by atoms with van der Waals surface area (Å²) in [6, 6.07) is 3.74. The van der Waals surface area contributed by atoms with Crippen molar-refractivity contribution in [2.45, 2.75) is 64.1 Å². The van der Waals surface area contributed by atoms with Crippen LogP contribution in [0.4, 0.5) is 4.79 Å². The molecule has 1 saturated heterocycles. The topological polar surface area (TPSA) is 75.0 Å². The van der Waals surface area contributed by atoms with Crippen molar-refractivity contribution >= 4 is 11.9 Å². The first-order chi connectivity index (χ1) is 13.2. The molecule has 1 saturated carbocycles. The number of urea groups is 1. The number of carbonyl (C=O) groups excluding carboxylic acids is 2. The number of nitrogens with one attached hydrogen (secondary N) is 1. The van der Waals surface area contributed by atoms with Crippen molar-refractivity contribution in [2.75, 3.05) is 26.2 Å². The molecule has 2 heterocycles. The summed E-state index contributed by atoms with van der Waals surface area (Å²) in [6.45, 7) is 4.54. The van der Waals surface area contributed by atoms with E-state index in [2.05, 4.69) is 12.2 Å². The van der Waals surface area contributed by atoms with Crippen LogP contribution < -0.4 is 5.32 Å². The van der Waals surface area contributed by atoms with Crippen molar-refractivity contribution in [1.82, 2.24) is 15.1 Å². The highest BCUT2D eigenvalue weighted by molar-refractivity contribution is 5.84. The zero-order valence-corrected chi connectivity index (χ0v) is 16.2. The van der Waals surface area contributed by atoms with Gasteiger partial charge in [-0.1, -0.05) is 13.3 Å². The summed E-state index contributed by atoms with van der Waals surface area (Å²) in [4.78, 5) is 29.0. The van der Waals surface area contributed by atoms with E-state index in [0.717, 1.165) is 50.9 Å². The maximum atomic E-state index is 13.0. The lowest BCUT2D eigenvalue weighted by atomic mass is 10.2. The molecule has 1 N–H and O–H groups in total. The van der Waals surface area contributed by atoms with E-state index in [1.54, 1.807) is 16.1 Å². The molecule has 0 spiro atoms. The Hall–Kier alpha value is -2.02. The number of furan rings is 1. The highest BCUT2D eigenvalue weighted by Crippen LogP contribution is 2.27. The molecule has 0 radical (unpaired) electrons. The van der Waals surface area contributed by atoms with Gasteiger partial charge in [0.05, 0.1) is 18.9 Å². The Morgan fingerprint density at radius 2 is 2.15 bits per heavy atom. The van der Waals surface area contributed by atoms with Crippen molar-refractivity contribution in [3.63, 3.8) is 0 Å². The molecule has 7 heteroatoms. The fourth-order valence-corrected chi connectivity index (χ4v) is 3.35. The predicted octanol–water partition coefficient (Wildman–Crippen LogP) is 2.76. The maximum absolute atomic E-state index is 13.0. The summed E-state index contributed by atoms with van der Waals surface area (Å²) in [7, 11) is 0. The summed E-state index contributed by atoms with van der Waals surface area (Å²) >= 11 is 0. The monoisotopic (exact) mass is 377 g/mol. The average Bonchev–Trinajstić information content (AvgIpc) is 3.13. The molecule has 2 fully saturated rings. The minimum atomic E-state index is -0.130. The molecule has 0 aromatic carbocycles. The molecule has 1 aromatic rings. The van der Waals surface area contributed by atoms with Gasteiger partial charge in [-0.15, -0.1) is 0 Å². The van der Waals surface area contributed by atoms with Crippen LogP contribution in [0.3, 0.4) is 0 Å². The SMILES string of the molecule is CCCCNC(=O)N(CC(=O)N(Cc1ccco1)C[C@@H]1CCCO1)C1CC1. The second kappa shape index (κ2) is 9.78. The van der Waals surface area contributed by atoms with Gasteiger partial charge in [0.25, 0.3) is 0 Å². The minimum absolute atomic E-state index is 0.0561. The zero-order valence-electron chi connectivity index (χ0n) is 16.2. The Bertz CT molecular complexity index is 594. The van der Waals surface area contributed by atoms with Crippen molar-refractivity contribution < 1.29 is 18.7 Å². The second-order valence-electron chi connectivity index (χ2n) is 7.43. The van der Waals surface area contributed by atoms with Crippen molar-refractivity contribution in [3.8, 4) is 0 Å². The van der Waals surface area contributed by atoms with Gasteiger partial charge in [0.2, 0.25) is 5.91 Å². The van der Waals surface area contributed by atoms with Crippen LogP contribution in [0, 0.1) is 0 Å². The fraction of sp³-hybridized carbons (Fsp3) is 0.700. The van der Waals surface area contributed by atoms with Crippen LogP contribution in [0.5, 0.6) is 0 Å². The highest BCUT2D eigenvalue weighted by Gasteiger charge is 2.35. The van der Waals surface area contributed by atoms with Gasteiger partial charge in [-0.05, 0) is 44.2 Å². The number of hydrogen-bond acceptors (Lipinski definition) is 4. The normalized spacial score (nSPS) is 19.1. The Kier molecular flexibility index (Phi) is 7.15. The summed E-state index contributed by atoms with van der Waals surface area (Å²) in [6.07, 6.45) is 7.59. The van der Waals surface area contributed by atoms with E-state index in [1.807, 2.05) is 12.1 Å². The van der Waals surface area contributed by atoms with Crippen LogP contribution in [-0.2, 0) is 16.1 Å². The molecule has 0 bridgehead atoms. The molecule has 1 aliphatic carbocycles. The van der Waals surface area contributed by atoms with Gasteiger partial charge in [0.15, 0.2) is 0 Å². The first-order valence-electron chi connectivity index (χ1n) is 10.1. The van der Waals surface area contributed by atoms with Gasteiger partial charge in [0, 0.05) is 25.7 Å². The molecule has 7 nitrogen and oxygen atoms in total. The number of ether oxygens (including phenoxy) is 1. The lowest BCUT2D eigenvalue weighted by Gasteiger charge is -2.29. The number of amides is 3. The average molecular weight is 377 g/mol. The largest absolute Gasteiger partial charge is 0.467 e. The van der Waals surface area contributed by atoms with Gasteiger partial charge in [-0.2, -0.15) is 0 Å². The van der Waals surface area contributed by atoms with Crippen LogP contribution in [0.15, 0.2) is 22.8 Å². The van der Waals surface area contributed by atoms with E-state index in [9.17, 15) is 9.59 Å². The molecule has 2 aliphatic rings. The lowest BCUT2D eigenvalue weighted by molar-refractivity contribution is -0.134. The molecule has 1 aliphatic heterocycles.